The van der Waals surface area contributed by atoms with Gasteiger partial charge in [-0.3, -0.25) is 14.9 Å². The molecule has 0 aliphatic heterocycles. The molecule has 0 bridgehead atoms. The average molecular weight is 329 g/mol. The number of nitrogens with zero attached hydrogens (tertiary/aromatic N) is 1. The second-order valence-electron chi connectivity index (χ2n) is 5.24. The van der Waals surface area contributed by atoms with E-state index in [-0.39, 0.29) is 11.5 Å². The predicted octanol–water partition coefficient (Wildman–Crippen LogP) is 3.91. The van der Waals surface area contributed by atoms with Gasteiger partial charge in [0.1, 0.15) is 11.4 Å². The molecule has 0 amide bonds. The number of hydrogen-bond donors (Lipinski definition) is 2. The molecule has 0 unspecified atom stereocenters. The Bertz CT molecular complexity index is 774. The van der Waals surface area contributed by atoms with Gasteiger partial charge in [-0.15, -0.1) is 0 Å². The summed E-state index contributed by atoms with van der Waals surface area (Å²) in [6.07, 6.45) is 1.05. The summed E-state index contributed by atoms with van der Waals surface area (Å²) in [5, 5.41) is 14.3. The molecule has 7 heteroatoms. The molecule has 3 N–H and O–H groups in total. The first-order valence-corrected chi connectivity index (χ1v) is 7.48. The summed E-state index contributed by atoms with van der Waals surface area (Å²) < 4.78 is 5.13. The van der Waals surface area contributed by atoms with Gasteiger partial charge in [-0.25, -0.2) is 0 Å². The van der Waals surface area contributed by atoms with Gasteiger partial charge in [-0.2, -0.15) is 0 Å². The van der Waals surface area contributed by atoms with E-state index in [9.17, 15) is 14.9 Å². The topological polar surface area (TPSA) is 107 Å². The molecule has 0 radical (unpaired) electrons. The van der Waals surface area contributed by atoms with E-state index in [4.69, 9.17) is 10.5 Å². The van der Waals surface area contributed by atoms with Gasteiger partial charge in [0.15, 0.2) is 5.78 Å². The smallest absolute Gasteiger partial charge is 0.293 e. The van der Waals surface area contributed by atoms with E-state index in [0.29, 0.717) is 41.2 Å². The van der Waals surface area contributed by atoms with E-state index in [2.05, 4.69) is 5.32 Å². The molecule has 0 aromatic heterocycles. The Morgan fingerprint density at radius 1 is 1.29 bits per heavy atom. The lowest BCUT2D eigenvalue weighted by molar-refractivity contribution is -0.383. The van der Waals surface area contributed by atoms with Gasteiger partial charge in [0.05, 0.1) is 17.7 Å². The Hall–Kier alpha value is -3.09. The minimum absolute atomic E-state index is 0.110. The van der Waals surface area contributed by atoms with Crippen LogP contribution >= 0.6 is 0 Å². The maximum atomic E-state index is 11.9. The summed E-state index contributed by atoms with van der Waals surface area (Å²) in [5.41, 5.74) is 7.29. The maximum Gasteiger partial charge on any atom is 0.293 e. The summed E-state index contributed by atoms with van der Waals surface area (Å²) in [6.45, 7) is 1.89. The first kappa shape index (κ1) is 17.3. The molecule has 0 spiro atoms. The number of methoxy groups -OCH3 is 1. The van der Waals surface area contributed by atoms with Crippen LogP contribution in [0.15, 0.2) is 36.4 Å². The molecule has 0 saturated carbocycles. The molecule has 7 nitrogen and oxygen atoms in total. The fourth-order valence-electron chi connectivity index (χ4n) is 2.28. The Kier molecular flexibility index (Phi) is 5.36. The number of anilines is 3. The van der Waals surface area contributed by atoms with Crippen molar-refractivity contribution in [3.8, 4) is 5.75 Å². The third-order valence-corrected chi connectivity index (χ3v) is 3.51. The molecule has 2 aromatic rings. The number of carbonyl (C=O) groups excluding carboxylic acids is 1. The number of rotatable bonds is 7. The molecule has 0 aliphatic rings. The maximum absolute atomic E-state index is 11.9. The van der Waals surface area contributed by atoms with Crippen molar-refractivity contribution in [1.82, 2.24) is 0 Å². The Morgan fingerprint density at radius 3 is 2.67 bits per heavy atom. The highest BCUT2D eigenvalue weighted by molar-refractivity contribution is 5.97. The van der Waals surface area contributed by atoms with E-state index < -0.39 is 4.92 Å². The van der Waals surface area contributed by atoms with Gasteiger partial charge in [0, 0.05) is 29.8 Å². The average Bonchev–Trinajstić information content (AvgIpc) is 2.56. The van der Waals surface area contributed by atoms with Gasteiger partial charge in [-0.1, -0.05) is 6.92 Å². The van der Waals surface area contributed by atoms with Crippen molar-refractivity contribution in [2.24, 2.45) is 0 Å². The van der Waals surface area contributed by atoms with Crippen LogP contribution in [0.3, 0.4) is 0 Å². The van der Waals surface area contributed by atoms with Gasteiger partial charge >= 0.3 is 0 Å². The van der Waals surface area contributed by atoms with Crippen molar-refractivity contribution in [2.45, 2.75) is 19.8 Å². The van der Waals surface area contributed by atoms with Crippen molar-refractivity contribution in [3.63, 3.8) is 0 Å². The molecule has 2 rings (SSSR count). The zero-order valence-corrected chi connectivity index (χ0v) is 13.5. The van der Waals surface area contributed by atoms with E-state index in [0.717, 1.165) is 0 Å². The van der Waals surface area contributed by atoms with Crippen LogP contribution in [0.2, 0.25) is 0 Å². The molecular formula is C17H19N3O4. The van der Waals surface area contributed by atoms with E-state index in [1.807, 2.05) is 6.92 Å². The van der Waals surface area contributed by atoms with Gasteiger partial charge in [-0.05, 0) is 30.7 Å². The SMILES string of the molecule is CCCC(=O)c1ccc(Nc2ccc(N)c(OC)c2)c([N+](=O)[O-])c1. The van der Waals surface area contributed by atoms with Crippen LogP contribution in [-0.2, 0) is 0 Å². The number of nitrogen functional groups attached to an aromatic ring is 1. The minimum Gasteiger partial charge on any atom is -0.495 e. The lowest BCUT2D eigenvalue weighted by Gasteiger charge is -2.11. The van der Waals surface area contributed by atoms with Gasteiger partial charge in [0.25, 0.3) is 5.69 Å². The minimum atomic E-state index is -0.514. The zero-order valence-electron chi connectivity index (χ0n) is 13.5. The lowest BCUT2D eigenvalue weighted by Crippen LogP contribution is -2.03. The Balaban J connectivity index is 2.36. The number of Topliss-reactive ketones (excluding diaryl/α,β-unsaturated/α-hetero) is 1. The number of nitrogens with one attached hydrogen (secondary N) is 1. The quantitative estimate of drug-likeness (QED) is 0.345. The number of nitro groups is 1. The van der Waals surface area contributed by atoms with Crippen LogP contribution in [0.5, 0.6) is 5.75 Å². The summed E-state index contributed by atoms with van der Waals surface area (Å²) in [5.74, 6) is 0.360. The molecule has 126 valence electrons. The Morgan fingerprint density at radius 2 is 2.04 bits per heavy atom. The van der Waals surface area contributed by atoms with Crippen LogP contribution in [0.1, 0.15) is 30.1 Å². The van der Waals surface area contributed by atoms with Crippen LogP contribution in [0.4, 0.5) is 22.7 Å². The fraction of sp³-hybridized carbons (Fsp3) is 0.235. The number of hydrogen-bond acceptors (Lipinski definition) is 6. The molecule has 0 aliphatic carbocycles. The van der Waals surface area contributed by atoms with Crippen molar-refractivity contribution in [1.29, 1.82) is 0 Å². The molecule has 0 saturated heterocycles. The second-order valence-corrected chi connectivity index (χ2v) is 5.24. The van der Waals surface area contributed by atoms with Crippen LogP contribution in [-0.4, -0.2) is 17.8 Å². The summed E-state index contributed by atoms with van der Waals surface area (Å²) in [7, 11) is 1.49. The highest BCUT2D eigenvalue weighted by atomic mass is 16.6. The number of ketones is 1. The van der Waals surface area contributed by atoms with E-state index in [1.165, 1.54) is 19.2 Å². The summed E-state index contributed by atoms with van der Waals surface area (Å²) >= 11 is 0. The molecule has 24 heavy (non-hydrogen) atoms. The fourth-order valence-corrected chi connectivity index (χ4v) is 2.28. The van der Waals surface area contributed by atoms with Crippen molar-refractivity contribution in [3.05, 3.63) is 52.1 Å². The highest BCUT2D eigenvalue weighted by Crippen LogP contribution is 2.32. The first-order valence-electron chi connectivity index (χ1n) is 7.48. The zero-order chi connectivity index (χ0) is 17.7. The molecule has 0 fully saturated rings. The van der Waals surface area contributed by atoms with Crippen molar-refractivity contribution >= 4 is 28.5 Å². The summed E-state index contributed by atoms with van der Waals surface area (Å²) in [6, 6.07) is 9.40. The first-order chi connectivity index (χ1) is 11.5. The third-order valence-electron chi connectivity index (χ3n) is 3.51. The molecule has 0 atom stereocenters. The lowest BCUT2D eigenvalue weighted by atomic mass is 10.1. The number of benzene rings is 2. The largest absolute Gasteiger partial charge is 0.495 e. The highest BCUT2D eigenvalue weighted by Gasteiger charge is 2.17. The number of nitrogens with two attached hydrogens (primary N) is 1. The van der Waals surface area contributed by atoms with Gasteiger partial charge in [0.2, 0.25) is 0 Å². The number of nitro benzene ring substituents is 1. The second kappa shape index (κ2) is 7.45. The van der Waals surface area contributed by atoms with Crippen molar-refractivity contribution < 1.29 is 14.5 Å². The van der Waals surface area contributed by atoms with Crippen LogP contribution in [0, 0.1) is 10.1 Å². The van der Waals surface area contributed by atoms with Crippen LogP contribution < -0.4 is 15.8 Å². The number of carbonyl (C=O) groups is 1. The summed E-state index contributed by atoms with van der Waals surface area (Å²) in [4.78, 5) is 22.8. The predicted molar refractivity (Wildman–Crippen MR) is 93.0 cm³/mol. The van der Waals surface area contributed by atoms with Gasteiger partial charge < -0.3 is 15.8 Å². The van der Waals surface area contributed by atoms with Crippen LogP contribution in [0.25, 0.3) is 0 Å². The number of ether oxygens (including phenoxy) is 1. The molecule has 2 aromatic carbocycles. The monoisotopic (exact) mass is 329 g/mol. The molecule has 0 heterocycles. The standard InChI is InChI=1S/C17H19N3O4/c1-3-4-16(21)11-5-8-14(15(9-11)20(22)23)19-12-6-7-13(18)17(10-12)24-2/h5-10,19H,3-4,18H2,1-2H3. The molecular weight excluding hydrogens is 310 g/mol. The normalized spacial score (nSPS) is 10.2. The van der Waals surface area contributed by atoms with E-state index >= 15 is 0 Å². The van der Waals surface area contributed by atoms with E-state index in [1.54, 1.807) is 24.3 Å². The Labute approximate surface area is 139 Å². The third kappa shape index (κ3) is 3.81. The van der Waals surface area contributed by atoms with Crippen molar-refractivity contribution in [2.75, 3.05) is 18.2 Å².